The number of amides is 2. The molecule has 0 aliphatic carbocycles. The first-order chi connectivity index (χ1) is 9.02. The molecular weight excluding hydrogens is 252 g/mol. The van der Waals surface area contributed by atoms with Gasteiger partial charge in [-0.3, -0.25) is 9.59 Å². The fourth-order valence-corrected chi connectivity index (χ4v) is 1.88. The van der Waals surface area contributed by atoms with E-state index in [4.69, 9.17) is 9.84 Å². The number of carbonyl (C=O) groups excluding carboxylic acids is 2. The Balaban J connectivity index is 2.04. The second kappa shape index (κ2) is 7.60. The Kier molecular flexibility index (Phi) is 6.11. The van der Waals surface area contributed by atoms with Gasteiger partial charge in [0.2, 0.25) is 0 Å². The molecule has 2 N–H and O–H groups in total. The number of carboxylic acid groups (broad SMARTS) is 1. The Morgan fingerprint density at radius 3 is 2.63 bits per heavy atom. The molecule has 0 aromatic heterocycles. The van der Waals surface area contributed by atoms with Gasteiger partial charge in [-0.2, -0.15) is 0 Å². The van der Waals surface area contributed by atoms with Crippen LogP contribution in [0.5, 0.6) is 0 Å². The number of hydrogen-bond donors (Lipinski definition) is 2. The first-order valence-electron chi connectivity index (χ1n) is 6.43. The number of carboxylic acids is 1. The van der Waals surface area contributed by atoms with Gasteiger partial charge in [0.25, 0.3) is 0 Å². The third-order valence-electron chi connectivity index (χ3n) is 2.85. The minimum Gasteiger partial charge on any atom is -0.481 e. The zero-order valence-corrected chi connectivity index (χ0v) is 11.1. The highest BCUT2D eigenvalue weighted by Gasteiger charge is 2.31. The van der Waals surface area contributed by atoms with Crippen molar-refractivity contribution in [3.63, 3.8) is 0 Å². The van der Waals surface area contributed by atoms with E-state index < -0.39 is 5.97 Å². The number of ether oxygens (including phenoxy) is 1. The van der Waals surface area contributed by atoms with E-state index in [-0.39, 0.29) is 30.8 Å². The molecular formula is C12H20N2O5. The van der Waals surface area contributed by atoms with Gasteiger partial charge >= 0.3 is 18.0 Å². The second-order valence-electron chi connectivity index (χ2n) is 4.51. The van der Waals surface area contributed by atoms with Gasteiger partial charge in [-0.15, -0.1) is 0 Å². The molecule has 1 aliphatic heterocycles. The van der Waals surface area contributed by atoms with Crippen LogP contribution in [0.2, 0.25) is 0 Å². The molecule has 19 heavy (non-hydrogen) atoms. The third kappa shape index (κ3) is 5.58. The fraction of sp³-hybridized carbons (Fsp3) is 0.750. The van der Waals surface area contributed by atoms with Crippen molar-refractivity contribution in [2.75, 3.05) is 26.2 Å². The highest BCUT2D eigenvalue weighted by Crippen LogP contribution is 2.18. The molecule has 108 valence electrons. The van der Waals surface area contributed by atoms with Gasteiger partial charge in [0.15, 0.2) is 0 Å². The summed E-state index contributed by atoms with van der Waals surface area (Å²) in [4.78, 5) is 34.6. The van der Waals surface area contributed by atoms with Crippen LogP contribution in [0.3, 0.4) is 0 Å². The van der Waals surface area contributed by atoms with Crippen molar-refractivity contribution in [3.8, 4) is 0 Å². The maximum absolute atomic E-state index is 11.6. The van der Waals surface area contributed by atoms with Crippen molar-refractivity contribution in [2.45, 2.75) is 26.2 Å². The molecule has 7 heteroatoms. The average Bonchev–Trinajstić information content (AvgIpc) is 2.28. The Labute approximate surface area is 111 Å². The summed E-state index contributed by atoms with van der Waals surface area (Å²) in [5.74, 6) is -1.04. The van der Waals surface area contributed by atoms with Gasteiger partial charge in [0.05, 0.1) is 13.0 Å². The minimum atomic E-state index is -0.834. The van der Waals surface area contributed by atoms with Crippen LogP contribution in [0, 0.1) is 5.92 Å². The van der Waals surface area contributed by atoms with Gasteiger partial charge in [-0.1, -0.05) is 0 Å². The van der Waals surface area contributed by atoms with Crippen molar-refractivity contribution in [3.05, 3.63) is 0 Å². The van der Waals surface area contributed by atoms with E-state index in [1.165, 1.54) is 0 Å². The lowest BCUT2D eigenvalue weighted by Crippen LogP contribution is -2.54. The predicted octanol–water partition coefficient (Wildman–Crippen LogP) is 0.446. The molecule has 1 heterocycles. The quantitative estimate of drug-likeness (QED) is 0.518. The molecule has 0 aromatic rings. The lowest BCUT2D eigenvalue weighted by molar-refractivity contribution is -0.143. The van der Waals surface area contributed by atoms with Crippen LogP contribution in [-0.4, -0.2) is 54.2 Å². The topological polar surface area (TPSA) is 95.9 Å². The van der Waals surface area contributed by atoms with Crippen LogP contribution in [0.15, 0.2) is 0 Å². The molecule has 0 spiro atoms. The number of rotatable bonds is 7. The number of hydrogen-bond acceptors (Lipinski definition) is 4. The Bertz CT molecular complexity index is 339. The van der Waals surface area contributed by atoms with Crippen LogP contribution >= 0.6 is 0 Å². The first kappa shape index (κ1) is 15.3. The summed E-state index contributed by atoms with van der Waals surface area (Å²) in [6.07, 6.45) is 0.930. The maximum atomic E-state index is 11.6. The highest BCUT2D eigenvalue weighted by atomic mass is 16.5. The van der Waals surface area contributed by atoms with Gasteiger partial charge < -0.3 is 20.1 Å². The largest absolute Gasteiger partial charge is 0.481 e. The second-order valence-corrected chi connectivity index (χ2v) is 4.51. The normalized spacial score (nSPS) is 14.7. The lowest BCUT2D eigenvalue weighted by atomic mass is 9.97. The van der Waals surface area contributed by atoms with Crippen LogP contribution < -0.4 is 5.32 Å². The standard InChI is InChI=1S/C12H20N2O5/c1-2-19-11(17)4-3-5-13-12(18)14-7-9(8-14)6-10(15)16/h9H,2-8H2,1H3,(H,13,18)(H,15,16). The Morgan fingerprint density at radius 2 is 2.05 bits per heavy atom. The SMILES string of the molecule is CCOC(=O)CCCNC(=O)N1CC(CC(=O)O)C1. The molecule has 1 rings (SSSR count). The summed E-state index contributed by atoms with van der Waals surface area (Å²) in [5.41, 5.74) is 0. The van der Waals surface area contributed by atoms with Gasteiger partial charge in [-0.25, -0.2) is 4.79 Å². The zero-order chi connectivity index (χ0) is 14.3. The molecule has 1 fully saturated rings. The number of nitrogens with zero attached hydrogens (tertiary/aromatic N) is 1. The molecule has 0 saturated carbocycles. The lowest BCUT2D eigenvalue weighted by Gasteiger charge is -2.38. The van der Waals surface area contributed by atoms with E-state index in [2.05, 4.69) is 5.32 Å². The molecule has 7 nitrogen and oxygen atoms in total. The molecule has 0 atom stereocenters. The van der Waals surface area contributed by atoms with Crippen molar-refractivity contribution in [2.24, 2.45) is 5.92 Å². The Morgan fingerprint density at radius 1 is 1.37 bits per heavy atom. The Hall–Kier alpha value is -1.79. The maximum Gasteiger partial charge on any atom is 0.317 e. The number of urea groups is 1. The van der Waals surface area contributed by atoms with Crippen LogP contribution in [0.25, 0.3) is 0 Å². The minimum absolute atomic E-state index is 0.0581. The summed E-state index contributed by atoms with van der Waals surface area (Å²) in [7, 11) is 0. The fourth-order valence-electron chi connectivity index (χ4n) is 1.88. The van der Waals surface area contributed by atoms with Gasteiger partial charge in [-0.05, 0) is 13.3 Å². The van der Waals surface area contributed by atoms with Crippen molar-refractivity contribution in [1.82, 2.24) is 10.2 Å². The molecule has 1 aliphatic rings. The number of likely N-dealkylation sites (tertiary alicyclic amines) is 1. The van der Waals surface area contributed by atoms with Crippen LogP contribution in [0.1, 0.15) is 26.2 Å². The first-order valence-corrected chi connectivity index (χ1v) is 6.43. The number of aliphatic carboxylic acids is 1. The molecule has 0 unspecified atom stereocenters. The molecule has 0 aromatic carbocycles. The monoisotopic (exact) mass is 272 g/mol. The van der Waals surface area contributed by atoms with Crippen LogP contribution in [-0.2, 0) is 14.3 Å². The van der Waals surface area contributed by atoms with E-state index in [1.807, 2.05) is 0 Å². The molecule has 2 amide bonds. The van der Waals surface area contributed by atoms with E-state index in [9.17, 15) is 14.4 Å². The summed E-state index contributed by atoms with van der Waals surface area (Å²) in [5, 5.41) is 11.3. The average molecular weight is 272 g/mol. The predicted molar refractivity (Wildman–Crippen MR) is 66.6 cm³/mol. The number of carbonyl (C=O) groups is 3. The third-order valence-corrected chi connectivity index (χ3v) is 2.85. The van der Waals surface area contributed by atoms with Crippen LogP contribution in [0.4, 0.5) is 4.79 Å². The van der Waals surface area contributed by atoms with Crippen molar-refractivity contribution < 1.29 is 24.2 Å². The number of nitrogens with one attached hydrogen (secondary N) is 1. The van der Waals surface area contributed by atoms with E-state index in [0.29, 0.717) is 32.7 Å². The van der Waals surface area contributed by atoms with E-state index in [0.717, 1.165) is 0 Å². The van der Waals surface area contributed by atoms with Crippen molar-refractivity contribution in [1.29, 1.82) is 0 Å². The van der Waals surface area contributed by atoms with Gasteiger partial charge in [0.1, 0.15) is 0 Å². The smallest absolute Gasteiger partial charge is 0.317 e. The van der Waals surface area contributed by atoms with Crippen molar-refractivity contribution >= 4 is 18.0 Å². The highest BCUT2D eigenvalue weighted by molar-refractivity contribution is 5.76. The van der Waals surface area contributed by atoms with E-state index in [1.54, 1.807) is 11.8 Å². The number of esters is 1. The summed E-state index contributed by atoms with van der Waals surface area (Å²) in [6, 6.07) is -0.203. The summed E-state index contributed by atoms with van der Waals surface area (Å²) >= 11 is 0. The molecule has 0 radical (unpaired) electrons. The molecule has 1 saturated heterocycles. The van der Waals surface area contributed by atoms with Gasteiger partial charge in [0, 0.05) is 32.0 Å². The summed E-state index contributed by atoms with van der Waals surface area (Å²) < 4.78 is 4.76. The summed E-state index contributed by atoms with van der Waals surface area (Å²) in [6.45, 7) is 3.49. The van der Waals surface area contributed by atoms with E-state index >= 15 is 0 Å². The zero-order valence-electron chi connectivity index (χ0n) is 11.1. The molecule has 0 bridgehead atoms.